The van der Waals surface area contributed by atoms with E-state index >= 15 is 0 Å². The van der Waals surface area contributed by atoms with E-state index in [4.69, 9.17) is 11.5 Å². The summed E-state index contributed by atoms with van der Waals surface area (Å²) in [6, 6.07) is 0. The van der Waals surface area contributed by atoms with Crippen molar-refractivity contribution in [3.05, 3.63) is 34.9 Å². The lowest BCUT2D eigenvalue weighted by molar-refractivity contribution is 0.551. The van der Waals surface area contributed by atoms with E-state index in [1.807, 2.05) is 44.5 Å². The van der Waals surface area contributed by atoms with Crippen LogP contribution in [-0.2, 0) is 0 Å². The quantitative estimate of drug-likeness (QED) is 0.141. The molecular formula is C20H34N2S4. The lowest BCUT2D eigenvalue weighted by atomic mass is 10.1. The summed E-state index contributed by atoms with van der Waals surface area (Å²) >= 11 is 0. The summed E-state index contributed by atoms with van der Waals surface area (Å²) in [5, 5.41) is 2.01. The number of hydrogen-bond donors (Lipinski definition) is 2. The van der Waals surface area contributed by atoms with Gasteiger partial charge in [0.05, 0.1) is 10.4 Å². The molecule has 0 aromatic heterocycles. The van der Waals surface area contributed by atoms with E-state index in [1.165, 1.54) is 25.0 Å². The number of rotatable bonds is 14. The topological polar surface area (TPSA) is 52.0 Å². The summed E-state index contributed by atoms with van der Waals surface area (Å²) in [5.41, 5.74) is 13.9. The second kappa shape index (κ2) is 12.1. The molecule has 1 fully saturated rings. The molecule has 2 aliphatic carbocycles. The molecule has 0 spiro atoms. The Kier molecular flexibility index (Phi) is 10.5. The summed E-state index contributed by atoms with van der Waals surface area (Å²) in [5.74, 6) is 3.53. The molecule has 0 aromatic carbocycles. The van der Waals surface area contributed by atoms with E-state index in [-0.39, 0.29) is 5.37 Å². The molecule has 1 saturated carbocycles. The van der Waals surface area contributed by atoms with Crippen LogP contribution in [0.5, 0.6) is 0 Å². The predicted molar refractivity (Wildman–Crippen MR) is 127 cm³/mol. The number of nitrogens with two attached hydrogens (primary N) is 2. The molecule has 26 heavy (non-hydrogen) atoms. The van der Waals surface area contributed by atoms with Gasteiger partial charge in [0.1, 0.15) is 0 Å². The van der Waals surface area contributed by atoms with Crippen LogP contribution in [0.1, 0.15) is 52.9 Å². The molecule has 6 heteroatoms. The zero-order valence-corrected chi connectivity index (χ0v) is 19.5. The highest BCUT2D eigenvalue weighted by atomic mass is 33.1. The van der Waals surface area contributed by atoms with E-state index in [1.54, 1.807) is 16.4 Å². The molecule has 0 aliphatic heterocycles. The summed E-state index contributed by atoms with van der Waals surface area (Å²) in [6.07, 6.45) is 14.6. The Morgan fingerprint density at radius 1 is 1.35 bits per heavy atom. The minimum Gasteiger partial charge on any atom is -0.393 e. The molecule has 2 rings (SSSR count). The lowest BCUT2D eigenvalue weighted by Gasteiger charge is -2.12. The summed E-state index contributed by atoms with van der Waals surface area (Å²) < 4.78 is 0. The first kappa shape index (κ1) is 22.7. The molecular weight excluding hydrogens is 397 g/mol. The lowest BCUT2D eigenvalue weighted by Crippen LogP contribution is -2.15. The monoisotopic (exact) mass is 430 g/mol. The van der Waals surface area contributed by atoms with Crippen molar-refractivity contribution >= 4 is 43.2 Å². The van der Waals surface area contributed by atoms with Gasteiger partial charge in [0, 0.05) is 16.9 Å². The van der Waals surface area contributed by atoms with Crippen LogP contribution in [0.2, 0.25) is 0 Å². The summed E-state index contributed by atoms with van der Waals surface area (Å²) in [6.45, 7) is 6.74. The molecule has 0 radical (unpaired) electrons. The van der Waals surface area contributed by atoms with Crippen LogP contribution >= 0.6 is 43.2 Å². The van der Waals surface area contributed by atoms with Gasteiger partial charge in [0.15, 0.2) is 0 Å². The third-order valence-corrected chi connectivity index (χ3v) is 10.4. The van der Waals surface area contributed by atoms with Gasteiger partial charge in [-0.2, -0.15) is 0 Å². The van der Waals surface area contributed by atoms with Crippen LogP contribution in [0.15, 0.2) is 34.9 Å². The van der Waals surface area contributed by atoms with Gasteiger partial charge in [-0.25, -0.2) is 0 Å². The fraction of sp³-hybridized carbons (Fsp3) is 0.700. The Morgan fingerprint density at radius 3 is 2.85 bits per heavy atom. The molecule has 0 bridgehead atoms. The van der Waals surface area contributed by atoms with E-state index in [2.05, 4.69) is 32.9 Å². The molecule has 3 unspecified atom stereocenters. The van der Waals surface area contributed by atoms with Crippen molar-refractivity contribution in [2.45, 2.75) is 63.5 Å². The predicted octanol–water partition coefficient (Wildman–Crippen LogP) is 6.57. The molecule has 4 N–H and O–H groups in total. The zero-order chi connectivity index (χ0) is 18.9. The summed E-state index contributed by atoms with van der Waals surface area (Å²) in [7, 11) is 7.54. The van der Waals surface area contributed by atoms with Gasteiger partial charge in [-0.1, -0.05) is 77.0 Å². The second-order valence-corrected chi connectivity index (χ2v) is 12.5. The Balaban J connectivity index is 1.48. The third kappa shape index (κ3) is 9.05. The van der Waals surface area contributed by atoms with Crippen LogP contribution in [-0.4, -0.2) is 16.4 Å². The molecule has 2 nitrogen and oxygen atoms in total. The van der Waals surface area contributed by atoms with Crippen molar-refractivity contribution in [3.63, 3.8) is 0 Å². The first-order chi connectivity index (χ1) is 12.5. The first-order valence-electron chi connectivity index (χ1n) is 9.73. The zero-order valence-electron chi connectivity index (χ0n) is 16.2. The van der Waals surface area contributed by atoms with Crippen molar-refractivity contribution in [1.29, 1.82) is 0 Å². The minimum absolute atomic E-state index is 0.285. The Hall–Kier alpha value is 0.380. The normalized spacial score (nSPS) is 27.5. The molecule has 148 valence electrons. The Morgan fingerprint density at radius 2 is 2.15 bits per heavy atom. The molecule has 0 heterocycles. The molecule has 0 aromatic rings. The fourth-order valence-corrected chi connectivity index (χ4v) is 8.10. The van der Waals surface area contributed by atoms with Crippen molar-refractivity contribution in [2.75, 3.05) is 5.75 Å². The fourth-order valence-electron chi connectivity index (χ4n) is 2.96. The average Bonchev–Trinajstić information content (AvgIpc) is 3.51. The van der Waals surface area contributed by atoms with E-state index in [0.29, 0.717) is 5.92 Å². The Bertz CT molecular complexity index is 518. The Labute approximate surface area is 176 Å². The van der Waals surface area contributed by atoms with Gasteiger partial charge in [-0.15, -0.1) is 0 Å². The largest absolute Gasteiger partial charge is 0.393 e. The third-order valence-electron chi connectivity index (χ3n) is 4.68. The molecule has 0 amide bonds. The van der Waals surface area contributed by atoms with E-state index in [9.17, 15) is 0 Å². The van der Waals surface area contributed by atoms with Gasteiger partial charge in [-0.3, -0.25) is 0 Å². The highest BCUT2D eigenvalue weighted by Gasteiger charge is 2.39. The molecule has 5 atom stereocenters. The smallest absolute Gasteiger partial charge is 0.0763 e. The average molecular weight is 431 g/mol. The van der Waals surface area contributed by atoms with Gasteiger partial charge < -0.3 is 11.5 Å². The SMILES string of the molecule is CC/C=C\C=C(/N)SSCC(C)CC1C[C@@H]1SS[C@@H](N)CC1C=C1CC. The minimum atomic E-state index is 0.285. The maximum absolute atomic E-state index is 6.27. The van der Waals surface area contributed by atoms with Gasteiger partial charge >= 0.3 is 0 Å². The van der Waals surface area contributed by atoms with Gasteiger partial charge in [0.2, 0.25) is 0 Å². The molecule has 2 aliphatic rings. The van der Waals surface area contributed by atoms with Crippen molar-refractivity contribution in [1.82, 2.24) is 0 Å². The van der Waals surface area contributed by atoms with Gasteiger partial charge in [-0.05, 0) is 60.8 Å². The maximum Gasteiger partial charge on any atom is 0.0763 e. The maximum atomic E-state index is 6.27. The van der Waals surface area contributed by atoms with Crippen molar-refractivity contribution < 1.29 is 0 Å². The molecule has 0 saturated heterocycles. The van der Waals surface area contributed by atoms with Crippen LogP contribution < -0.4 is 11.5 Å². The summed E-state index contributed by atoms with van der Waals surface area (Å²) in [4.78, 5) is 0. The first-order valence-corrected chi connectivity index (χ1v) is 14.3. The second-order valence-electron chi connectivity index (χ2n) is 7.32. The van der Waals surface area contributed by atoms with E-state index in [0.717, 1.165) is 35.0 Å². The standard InChI is InChI=1S/C20H34N2S4/c1-4-6-7-8-19(21)25-23-13-14(3)9-17-11-18(17)24-26-20(22)12-16-10-15(16)5-2/h6-8,10,14,16-18,20H,4-5,9,11-13,21-22H2,1-3H3/b7-6-,19-8+/t14?,16?,17?,18-,20+/m0/s1. The highest BCUT2D eigenvalue weighted by molar-refractivity contribution is 8.78. The van der Waals surface area contributed by atoms with Crippen LogP contribution in [0.25, 0.3) is 0 Å². The van der Waals surface area contributed by atoms with Gasteiger partial charge in [0.25, 0.3) is 0 Å². The number of allylic oxidation sites excluding steroid dienone is 5. The van der Waals surface area contributed by atoms with E-state index < -0.39 is 0 Å². The van der Waals surface area contributed by atoms with Crippen molar-refractivity contribution in [2.24, 2.45) is 29.2 Å². The van der Waals surface area contributed by atoms with Crippen LogP contribution in [0.4, 0.5) is 0 Å². The van der Waals surface area contributed by atoms with Crippen molar-refractivity contribution in [3.8, 4) is 0 Å². The number of hydrogen-bond acceptors (Lipinski definition) is 6. The van der Waals surface area contributed by atoms with Crippen LogP contribution in [0, 0.1) is 17.8 Å². The highest BCUT2D eigenvalue weighted by Crippen LogP contribution is 2.52. The van der Waals surface area contributed by atoms with Crippen LogP contribution in [0.3, 0.4) is 0 Å².